The van der Waals surface area contributed by atoms with E-state index in [-0.39, 0.29) is 6.10 Å². The Morgan fingerprint density at radius 2 is 2.07 bits per heavy atom. The van der Waals surface area contributed by atoms with Gasteiger partial charge in [-0.05, 0) is 49.3 Å². The third-order valence-electron chi connectivity index (χ3n) is 5.58. The minimum Gasteiger partial charge on any atom is -0.495 e. The molecule has 4 rings (SSSR count). The molecule has 2 aromatic rings. The zero-order valence-corrected chi connectivity index (χ0v) is 16.9. The molecule has 6 heteroatoms. The Balaban J connectivity index is 1.58. The van der Waals surface area contributed by atoms with Gasteiger partial charge in [0.05, 0.1) is 31.6 Å². The number of aromatic nitrogens is 3. The molecule has 3 heterocycles. The monoisotopic (exact) mass is 370 g/mol. The van der Waals surface area contributed by atoms with E-state index in [1.54, 1.807) is 7.11 Å². The quantitative estimate of drug-likeness (QED) is 0.804. The molecule has 1 aromatic carbocycles. The van der Waals surface area contributed by atoms with Crippen LogP contribution < -0.4 is 9.64 Å². The molecule has 0 saturated carbocycles. The van der Waals surface area contributed by atoms with E-state index in [0.717, 1.165) is 60.9 Å². The zero-order valence-electron chi connectivity index (χ0n) is 16.9. The van der Waals surface area contributed by atoms with E-state index in [0.29, 0.717) is 5.41 Å². The van der Waals surface area contributed by atoms with Gasteiger partial charge < -0.3 is 14.4 Å². The zero-order chi connectivity index (χ0) is 19.0. The molecule has 2 saturated heterocycles. The van der Waals surface area contributed by atoms with Crippen LogP contribution in [0.3, 0.4) is 0 Å². The van der Waals surface area contributed by atoms with Gasteiger partial charge in [0.25, 0.3) is 0 Å². The van der Waals surface area contributed by atoms with E-state index in [1.807, 2.05) is 10.9 Å². The number of aryl methyl sites for hydroxylation is 1. The van der Waals surface area contributed by atoms with Crippen LogP contribution in [0.15, 0.2) is 18.3 Å². The van der Waals surface area contributed by atoms with E-state index in [2.05, 4.69) is 48.1 Å². The molecular formula is C21H30N4O2. The van der Waals surface area contributed by atoms with Gasteiger partial charge in [-0.15, -0.1) is 5.10 Å². The van der Waals surface area contributed by atoms with Crippen molar-refractivity contribution in [3.63, 3.8) is 0 Å². The Kier molecular flexibility index (Phi) is 4.84. The molecule has 2 fully saturated rings. The summed E-state index contributed by atoms with van der Waals surface area (Å²) < 4.78 is 13.4. The summed E-state index contributed by atoms with van der Waals surface area (Å²) in [6.07, 6.45) is 5.80. The van der Waals surface area contributed by atoms with E-state index < -0.39 is 0 Å². The maximum atomic E-state index is 5.83. The lowest BCUT2D eigenvalue weighted by Crippen LogP contribution is -2.53. The topological polar surface area (TPSA) is 52.4 Å². The van der Waals surface area contributed by atoms with Gasteiger partial charge in [0.1, 0.15) is 11.4 Å². The first kappa shape index (κ1) is 18.3. The third-order valence-corrected chi connectivity index (χ3v) is 5.58. The van der Waals surface area contributed by atoms with Crippen molar-refractivity contribution in [1.29, 1.82) is 0 Å². The molecule has 146 valence electrons. The van der Waals surface area contributed by atoms with Gasteiger partial charge in [0.2, 0.25) is 0 Å². The summed E-state index contributed by atoms with van der Waals surface area (Å²) in [6, 6.07) is 4.31. The van der Waals surface area contributed by atoms with Crippen LogP contribution in [0.5, 0.6) is 5.75 Å². The van der Waals surface area contributed by atoms with Crippen LogP contribution in [0, 0.1) is 12.3 Å². The number of hydrogen-bond acceptors (Lipinski definition) is 5. The second-order valence-electron chi connectivity index (χ2n) is 8.67. The van der Waals surface area contributed by atoms with Crippen LogP contribution in [0.25, 0.3) is 11.3 Å². The number of hydrogen-bond donors (Lipinski definition) is 0. The van der Waals surface area contributed by atoms with Crippen LogP contribution in [-0.4, -0.2) is 47.9 Å². The fraction of sp³-hybridized carbons (Fsp3) is 0.619. The van der Waals surface area contributed by atoms with Crippen molar-refractivity contribution in [2.45, 2.75) is 52.7 Å². The number of rotatable bonds is 5. The third kappa shape index (κ3) is 3.81. The average Bonchev–Trinajstić information content (AvgIpc) is 3.08. The predicted octanol–water partition coefficient (Wildman–Crippen LogP) is 3.68. The van der Waals surface area contributed by atoms with Gasteiger partial charge in [0.15, 0.2) is 0 Å². The lowest BCUT2D eigenvalue weighted by atomic mass is 9.83. The summed E-state index contributed by atoms with van der Waals surface area (Å²) in [5.41, 5.74) is 4.68. The van der Waals surface area contributed by atoms with E-state index in [1.165, 1.54) is 12.8 Å². The number of benzene rings is 1. The van der Waals surface area contributed by atoms with E-state index in [9.17, 15) is 0 Å². The molecule has 1 aromatic heterocycles. The largest absolute Gasteiger partial charge is 0.495 e. The van der Waals surface area contributed by atoms with Gasteiger partial charge in [-0.3, -0.25) is 0 Å². The Labute approximate surface area is 161 Å². The number of nitrogens with zero attached hydrogens (tertiary/aromatic N) is 4. The molecule has 2 aliphatic rings. The first-order chi connectivity index (χ1) is 12.9. The predicted molar refractivity (Wildman–Crippen MR) is 106 cm³/mol. The molecule has 0 amide bonds. The van der Waals surface area contributed by atoms with Crippen molar-refractivity contribution in [2.24, 2.45) is 5.41 Å². The molecule has 0 N–H and O–H groups in total. The lowest BCUT2D eigenvalue weighted by Gasteiger charge is -2.47. The summed E-state index contributed by atoms with van der Waals surface area (Å²) in [7, 11) is 1.74. The Hall–Kier alpha value is -2.08. The van der Waals surface area contributed by atoms with Crippen molar-refractivity contribution in [3.05, 3.63) is 23.9 Å². The normalized spacial score (nSPS) is 21.8. The second-order valence-corrected chi connectivity index (χ2v) is 8.67. The lowest BCUT2D eigenvalue weighted by molar-refractivity contribution is 0.00370. The first-order valence-corrected chi connectivity index (χ1v) is 9.91. The SMILES string of the molecule is COc1cc(C)c(-c2cn(C[C@H]3CCCCO3)nn2)cc1N1CC(C)(C)C1. The van der Waals surface area contributed by atoms with Crippen molar-refractivity contribution in [1.82, 2.24) is 15.0 Å². The summed E-state index contributed by atoms with van der Waals surface area (Å²) >= 11 is 0. The fourth-order valence-electron chi connectivity index (χ4n) is 4.19. The molecule has 0 unspecified atom stereocenters. The highest BCUT2D eigenvalue weighted by Gasteiger charge is 2.35. The molecule has 1 atom stereocenters. The van der Waals surface area contributed by atoms with Crippen LogP contribution in [-0.2, 0) is 11.3 Å². The Morgan fingerprint density at radius 3 is 2.74 bits per heavy atom. The van der Waals surface area contributed by atoms with Crippen LogP contribution in [0.1, 0.15) is 38.7 Å². The summed E-state index contributed by atoms with van der Waals surface area (Å²) in [5.74, 6) is 0.926. The molecule has 6 nitrogen and oxygen atoms in total. The highest BCUT2D eigenvalue weighted by molar-refractivity contribution is 5.74. The van der Waals surface area contributed by atoms with Crippen LogP contribution >= 0.6 is 0 Å². The molecule has 27 heavy (non-hydrogen) atoms. The summed E-state index contributed by atoms with van der Waals surface area (Å²) in [5, 5.41) is 8.78. The van der Waals surface area contributed by atoms with Gasteiger partial charge >= 0.3 is 0 Å². The van der Waals surface area contributed by atoms with Gasteiger partial charge in [0, 0.05) is 25.3 Å². The standard InChI is InChI=1S/C21H30N4O2/c1-15-9-20(26-4)19(24-13-21(2,3)14-24)10-17(15)18-12-25(23-22-18)11-16-7-5-6-8-27-16/h9-10,12,16H,5-8,11,13-14H2,1-4H3/t16-/m1/s1. The molecule has 0 aliphatic carbocycles. The van der Waals surface area contributed by atoms with Gasteiger partial charge in [-0.25, -0.2) is 4.68 Å². The maximum absolute atomic E-state index is 5.83. The molecular weight excluding hydrogens is 340 g/mol. The molecule has 0 spiro atoms. The summed E-state index contributed by atoms with van der Waals surface area (Å²) in [4.78, 5) is 2.38. The van der Waals surface area contributed by atoms with Crippen molar-refractivity contribution in [3.8, 4) is 17.0 Å². The fourth-order valence-corrected chi connectivity index (χ4v) is 4.19. The minimum atomic E-state index is 0.254. The molecule has 0 radical (unpaired) electrons. The molecule has 0 bridgehead atoms. The highest BCUT2D eigenvalue weighted by atomic mass is 16.5. The van der Waals surface area contributed by atoms with Crippen molar-refractivity contribution < 1.29 is 9.47 Å². The van der Waals surface area contributed by atoms with Gasteiger partial charge in [-0.1, -0.05) is 19.1 Å². The van der Waals surface area contributed by atoms with Gasteiger partial charge in [-0.2, -0.15) is 0 Å². The van der Waals surface area contributed by atoms with E-state index >= 15 is 0 Å². The smallest absolute Gasteiger partial charge is 0.142 e. The Morgan fingerprint density at radius 1 is 1.26 bits per heavy atom. The molecule has 2 aliphatic heterocycles. The van der Waals surface area contributed by atoms with Crippen LogP contribution in [0.2, 0.25) is 0 Å². The highest BCUT2D eigenvalue weighted by Crippen LogP contribution is 2.41. The number of methoxy groups -OCH3 is 1. The summed E-state index contributed by atoms with van der Waals surface area (Å²) in [6.45, 7) is 10.4. The van der Waals surface area contributed by atoms with Crippen molar-refractivity contribution in [2.75, 3.05) is 31.7 Å². The first-order valence-electron chi connectivity index (χ1n) is 9.91. The maximum Gasteiger partial charge on any atom is 0.142 e. The second kappa shape index (κ2) is 7.15. The van der Waals surface area contributed by atoms with Crippen molar-refractivity contribution >= 4 is 5.69 Å². The Bertz CT molecular complexity index is 801. The van der Waals surface area contributed by atoms with E-state index in [4.69, 9.17) is 9.47 Å². The number of ether oxygens (including phenoxy) is 2. The number of anilines is 1. The van der Waals surface area contributed by atoms with Crippen LogP contribution in [0.4, 0.5) is 5.69 Å². The minimum absolute atomic E-state index is 0.254. The average molecular weight is 370 g/mol.